The number of nitrogens with two attached hydrogens (primary N) is 2. The summed E-state index contributed by atoms with van der Waals surface area (Å²) in [6.07, 6.45) is 0.960. The summed E-state index contributed by atoms with van der Waals surface area (Å²) < 4.78 is 0. The van der Waals surface area contributed by atoms with Crippen molar-refractivity contribution in [3.8, 4) is 0 Å². The highest BCUT2D eigenvalue weighted by molar-refractivity contribution is 5.94. The minimum Gasteiger partial charge on any atom is -0.370 e. The summed E-state index contributed by atoms with van der Waals surface area (Å²) >= 11 is 0. The summed E-state index contributed by atoms with van der Waals surface area (Å²) in [6.45, 7) is 0.284. The topological polar surface area (TPSA) is 106 Å². The van der Waals surface area contributed by atoms with E-state index < -0.39 is 11.9 Å². The Kier molecular flexibility index (Phi) is 3.06. The highest BCUT2D eigenvalue weighted by atomic mass is 16.2. The second-order valence-electron chi connectivity index (χ2n) is 3.41. The third kappa shape index (κ3) is 2.45. The number of carbonyl (C=O) groups is 3. The number of imide groups is 1. The zero-order valence-corrected chi connectivity index (χ0v) is 7.73. The van der Waals surface area contributed by atoms with Crippen LogP contribution in [0.1, 0.15) is 19.3 Å². The van der Waals surface area contributed by atoms with Crippen LogP contribution in [0.2, 0.25) is 0 Å². The summed E-state index contributed by atoms with van der Waals surface area (Å²) in [5.74, 6) is -0.791. The van der Waals surface area contributed by atoms with Crippen LogP contribution in [0.5, 0.6) is 0 Å². The standard InChI is InChI=1S/C8H13N3O3/c9-6(12)3-5-1-2-11(8(10)14)7(13)4-5/h5H,1-4H2,(H2,9,12)(H2,10,14). The highest BCUT2D eigenvalue weighted by Gasteiger charge is 2.29. The van der Waals surface area contributed by atoms with Crippen molar-refractivity contribution in [1.82, 2.24) is 4.90 Å². The van der Waals surface area contributed by atoms with Crippen molar-refractivity contribution in [3.63, 3.8) is 0 Å². The van der Waals surface area contributed by atoms with Crippen molar-refractivity contribution >= 4 is 17.8 Å². The monoisotopic (exact) mass is 199 g/mol. The fraction of sp³-hybridized carbons (Fsp3) is 0.625. The Morgan fingerprint density at radius 1 is 1.43 bits per heavy atom. The van der Waals surface area contributed by atoms with Crippen LogP contribution >= 0.6 is 0 Å². The van der Waals surface area contributed by atoms with Crippen molar-refractivity contribution in [3.05, 3.63) is 0 Å². The lowest BCUT2D eigenvalue weighted by Gasteiger charge is -2.28. The van der Waals surface area contributed by atoms with Gasteiger partial charge in [0.15, 0.2) is 0 Å². The van der Waals surface area contributed by atoms with E-state index >= 15 is 0 Å². The van der Waals surface area contributed by atoms with E-state index in [0.717, 1.165) is 4.90 Å². The second kappa shape index (κ2) is 4.08. The van der Waals surface area contributed by atoms with Crippen molar-refractivity contribution < 1.29 is 14.4 Å². The first-order chi connectivity index (χ1) is 6.50. The van der Waals surface area contributed by atoms with Crippen LogP contribution in [0.15, 0.2) is 0 Å². The summed E-state index contributed by atoms with van der Waals surface area (Å²) in [4.78, 5) is 33.6. The van der Waals surface area contributed by atoms with Crippen LogP contribution in [0.3, 0.4) is 0 Å². The van der Waals surface area contributed by atoms with E-state index in [1.54, 1.807) is 0 Å². The smallest absolute Gasteiger partial charge is 0.321 e. The van der Waals surface area contributed by atoms with Crippen molar-refractivity contribution in [2.45, 2.75) is 19.3 Å². The Hall–Kier alpha value is -1.59. The van der Waals surface area contributed by atoms with Gasteiger partial charge in [0.25, 0.3) is 0 Å². The average molecular weight is 199 g/mol. The van der Waals surface area contributed by atoms with Crippen LogP contribution in [0.25, 0.3) is 0 Å². The Morgan fingerprint density at radius 3 is 2.50 bits per heavy atom. The third-order valence-electron chi connectivity index (χ3n) is 2.28. The first-order valence-corrected chi connectivity index (χ1v) is 4.39. The van der Waals surface area contributed by atoms with Gasteiger partial charge in [0.05, 0.1) is 0 Å². The Bertz CT molecular complexity index is 277. The quantitative estimate of drug-likeness (QED) is 0.606. The molecule has 6 heteroatoms. The van der Waals surface area contributed by atoms with Gasteiger partial charge in [0.1, 0.15) is 0 Å². The van der Waals surface area contributed by atoms with E-state index in [9.17, 15) is 14.4 Å². The fourth-order valence-corrected chi connectivity index (χ4v) is 1.59. The lowest BCUT2D eigenvalue weighted by atomic mass is 9.93. The van der Waals surface area contributed by atoms with E-state index in [2.05, 4.69) is 0 Å². The lowest BCUT2D eigenvalue weighted by molar-refractivity contribution is -0.132. The molecule has 4 amide bonds. The maximum atomic E-state index is 11.3. The predicted octanol–water partition coefficient (Wildman–Crippen LogP) is -0.821. The molecular weight excluding hydrogens is 186 g/mol. The van der Waals surface area contributed by atoms with Gasteiger partial charge in [-0.15, -0.1) is 0 Å². The van der Waals surface area contributed by atoms with Crippen LogP contribution in [-0.2, 0) is 9.59 Å². The molecule has 78 valence electrons. The zero-order chi connectivity index (χ0) is 10.7. The Balaban J connectivity index is 2.51. The average Bonchev–Trinajstić information content (AvgIpc) is 2.01. The van der Waals surface area contributed by atoms with Crippen LogP contribution in [-0.4, -0.2) is 29.3 Å². The van der Waals surface area contributed by atoms with E-state index in [-0.39, 0.29) is 31.2 Å². The predicted molar refractivity (Wildman–Crippen MR) is 47.8 cm³/mol. The van der Waals surface area contributed by atoms with Crippen LogP contribution in [0, 0.1) is 5.92 Å². The van der Waals surface area contributed by atoms with Crippen LogP contribution in [0.4, 0.5) is 4.79 Å². The molecule has 1 aliphatic rings. The van der Waals surface area contributed by atoms with E-state index in [4.69, 9.17) is 11.5 Å². The number of nitrogens with zero attached hydrogens (tertiary/aromatic N) is 1. The SMILES string of the molecule is NC(=O)CC1CCN(C(N)=O)C(=O)C1. The molecule has 1 atom stereocenters. The van der Waals surface area contributed by atoms with Crippen molar-refractivity contribution in [2.24, 2.45) is 17.4 Å². The van der Waals surface area contributed by atoms with Crippen LogP contribution < -0.4 is 11.5 Å². The Morgan fingerprint density at radius 2 is 2.07 bits per heavy atom. The molecule has 0 saturated carbocycles. The van der Waals surface area contributed by atoms with Crippen molar-refractivity contribution in [1.29, 1.82) is 0 Å². The summed E-state index contributed by atoms with van der Waals surface area (Å²) in [7, 11) is 0. The fourth-order valence-electron chi connectivity index (χ4n) is 1.59. The minimum absolute atomic E-state index is 0.0457. The molecule has 1 heterocycles. The molecule has 4 N–H and O–H groups in total. The van der Waals surface area contributed by atoms with Gasteiger partial charge in [-0.25, -0.2) is 4.79 Å². The zero-order valence-electron chi connectivity index (χ0n) is 7.73. The molecule has 0 radical (unpaired) electrons. The van der Waals surface area contributed by atoms with Gasteiger partial charge in [-0.2, -0.15) is 0 Å². The number of hydrogen-bond acceptors (Lipinski definition) is 3. The molecule has 0 spiro atoms. The molecule has 1 unspecified atom stereocenters. The highest BCUT2D eigenvalue weighted by Crippen LogP contribution is 2.20. The molecule has 1 rings (SSSR count). The van der Waals surface area contributed by atoms with E-state index in [1.807, 2.05) is 0 Å². The van der Waals surface area contributed by atoms with Gasteiger partial charge in [-0.3, -0.25) is 14.5 Å². The normalized spacial score (nSPS) is 22.1. The number of urea groups is 1. The number of amides is 4. The number of likely N-dealkylation sites (tertiary alicyclic amines) is 1. The molecule has 6 nitrogen and oxygen atoms in total. The number of piperidine rings is 1. The third-order valence-corrected chi connectivity index (χ3v) is 2.28. The van der Waals surface area contributed by atoms with E-state index in [0.29, 0.717) is 6.42 Å². The maximum absolute atomic E-state index is 11.3. The first kappa shape index (κ1) is 10.5. The number of carbonyl (C=O) groups excluding carboxylic acids is 3. The molecule has 14 heavy (non-hydrogen) atoms. The largest absolute Gasteiger partial charge is 0.370 e. The molecule has 0 aromatic rings. The summed E-state index contributed by atoms with van der Waals surface area (Å²) in [6, 6.07) is -0.729. The molecule has 1 saturated heterocycles. The maximum Gasteiger partial charge on any atom is 0.321 e. The summed E-state index contributed by atoms with van der Waals surface area (Å²) in [5, 5.41) is 0. The number of rotatable bonds is 2. The van der Waals surface area contributed by atoms with Gasteiger partial charge >= 0.3 is 6.03 Å². The van der Waals surface area contributed by atoms with Gasteiger partial charge < -0.3 is 11.5 Å². The molecule has 0 aromatic heterocycles. The first-order valence-electron chi connectivity index (χ1n) is 4.39. The number of primary amides is 2. The van der Waals surface area contributed by atoms with Gasteiger partial charge in [-0.05, 0) is 12.3 Å². The lowest BCUT2D eigenvalue weighted by Crippen LogP contribution is -2.46. The van der Waals surface area contributed by atoms with Gasteiger partial charge in [-0.1, -0.05) is 0 Å². The summed E-state index contributed by atoms with van der Waals surface area (Å²) in [5.41, 5.74) is 9.99. The Labute approximate surface area is 81.2 Å². The molecule has 1 fully saturated rings. The second-order valence-corrected chi connectivity index (χ2v) is 3.41. The molecule has 0 aliphatic carbocycles. The molecule has 0 bridgehead atoms. The minimum atomic E-state index is -0.729. The van der Waals surface area contributed by atoms with Gasteiger partial charge in [0, 0.05) is 19.4 Å². The number of hydrogen-bond donors (Lipinski definition) is 2. The van der Waals surface area contributed by atoms with E-state index in [1.165, 1.54) is 0 Å². The molecular formula is C8H13N3O3. The van der Waals surface area contributed by atoms with Crippen molar-refractivity contribution in [2.75, 3.05) is 6.54 Å². The van der Waals surface area contributed by atoms with Gasteiger partial charge in [0.2, 0.25) is 11.8 Å². The molecule has 1 aliphatic heterocycles. The molecule has 0 aromatic carbocycles.